The molecule has 25 heavy (non-hydrogen) atoms. The lowest BCUT2D eigenvalue weighted by atomic mass is 9.72. The number of likely N-dealkylation sites (N-methyl/N-ethyl adjacent to an activating group) is 1. The Balaban J connectivity index is 1.31. The number of carbonyl (C=O) groups excluding carboxylic acids is 2. The number of hydrogen-bond acceptors (Lipinski definition) is 3. The van der Waals surface area contributed by atoms with Crippen molar-refractivity contribution in [3.05, 3.63) is 0 Å². The van der Waals surface area contributed by atoms with Crippen LogP contribution in [0.4, 0.5) is 0 Å². The molecule has 2 saturated carbocycles. The minimum absolute atomic E-state index is 0.259. The summed E-state index contributed by atoms with van der Waals surface area (Å²) in [6.45, 7) is 4.47. The SMILES string of the molecule is CN(C)CCN1CC2(CCC1=O)CCN(C(=O)C1CC13CCC3)CC2. The monoisotopic (exact) mass is 347 g/mol. The number of hydrogen-bond donors (Lipinski definition) is 0. The summed E-state index contributed by atoms with van der Waals surface area (Å²) in [7, 11) is 4.11. The van der Waals surface area contributed by atoms with Gasteiger partial charge in [-0.2, -0.15) is 0 Å². The van der Waals surface area contributed by atoms with E-state index in [1.165, 1.54) is 19.3 Å². The maximum Gasteiger partial charge on any atom is 0.226 e. The summed E-state index contributed by atoms with van der Waals surface area (Å²) in [6, 6.07) is 0. The Morgan fingerprint density at radius 3 is 2.44 bits per heavy atom. The molecule has 2 aliphatic heterocycles. The quantitative estimate of drug-likeness (QED) is 0.781. The summed E-state index contributed by atoms with van der Waals surface area (Å²) < 4.78 is 0. The molecule has 2 heterocycles. The number of carbonyl (C=O) groups is 2. The van der Waals surface area contributed by atoms with Crippen LogP contribution in [0.5, 0.6) is 0 Å². The summed E-state index contributed by atoms with van der Waals surface area (Å²) in [5.74, 6) is 1.10. The Morgan fingerprint density at radius 1 is 1.16 bits per heavy atom. The standard InChI is InChI=1S/C20H33N3O2/c1-21(2)12-13-23-15-19(7-4-17(23)24)8-10-22(11-9-19)18(25)16-14-20(16)5-3-6-20/h16H,3-15H2,1-2H3. The van der Waals surface area contributed by atoms with Gasteiger partial charge in [-0.25, -0.2) is 0 Å². The van der Waals surface area contributed by atoms with E-state index in [4.69, 9.17) is 0 Å². The first-order valence-electron chi connectivity index (χ1n) is 10.1. The number of likely N-dealkylation sites (tertiary alicyclic amines) is 2. The molecular formula is C20H33N3O2. The van der Waals surface area contributed by atoms with E-state index in [0.717, 1.165) is 58.4 Å². The first-order valence-corrected chi connectivity index (χ1v) is 10.1. The van der Waals surface area contributed by atoms with Crippen molar-refractivity contribution in [3.8, 4) is 0 Å². The van der Waals surface area contributed by atoms with Gasteiger partial charge in [0.15, 0.2) is 0 Å². The zero-order valence-corrected chi connectivity index (χ0v) is 15.9. The van der Waals surface area contributed by atoms with Crippen LogP contribution in [-0.4, -0.2) is 73.3 Å². The minimum atomic E-state index is 0.259. The highest BCUT2D eigenvalue weighted by Gasteiger charge is 2.61. The Labute approximate surface area is 151 Å². The number of piperidine rings is 2. The van der Waals surface area contributed by atoms with Gasteiger partial charge in [0.1, 0.15) is 0 Å². The van der Waals surface area contributed by atoms with Gasteiger partial charge in [0.25, 0.3) is 0 Å². The maximum atomic E-state index is 12.8. The van der Waals surface area contributed by atoms with Crippen LogP contribution in [0.2, 0.25) is 0 Å². The molecular weight excluding hydrogens is 314 g/mol. The van der Waals surface area contributed by atoms with E-state index in [9.17, 15) is 9.59 Å². The first-order chi connectivity index (χ1) is 11.9. The van der Waals surface area contributed by atoms with Crippen LogP contribution in [0.1, 0.15) is 51.4 Å². The molecule has 0 bridgehead atoms. The Morgan fingerprint density at radius 2 is 1.88 bits per heavy atom. The van der Waals surface area contributed by atoms with Gasteiger partial charge in [0.05, 0.1) is 0 Å². The van der Waals surface area contributed by atoms with Gasteiger partial charge in [0.2, 0.25) is 11.8 Å². The largest absolute Gasteiger partial charge is 0.342 e. The predicted molar refractivity (Wildman–Crippen MR) is 97.0 cm³/mol. The second-order valence-electron chi connectivity index (χ2n) is 9.42. The minimum Gasteiger partial charge on any atom is -0.342 e. The normalized spacial score (nSPS) is 30.0. The van der Waals surface area contributed by atoms with E-state index in [2.05, 4.69) is 28.8 Å². The van der Waals surface area contributed by atoms with E-state index in [0.29, 0.717) is 29.6 Å². The number of rotatable bonds is 4. The zero-order chi connectivity index (χ0) is 17.7. The maximum absolute atomic E-state index is 12.8. The van der Waals surface area contributed by atoms with Crippen molar-refractivity contribution >= 4 is 11.8 Å². The van der Waals surface area contributed by atoms with Crippen molar-refractivity contribution in [2.75, 3.05) is 46.8 Å². The number of nitrogens with zero attached hydrogens (tertiary/aromatic N) is 3. The van der Waals surface area contributed by atoms with Crippen LogP contribution in [-0.2, 0) is 9.59 Å². The van der Waals surface area contributed by atoms with E-state index < -0.39 is 0 Å². The molecule has 0 aromatic heterocycles. The van der Waals surface area contributed by atoms with E-state index in [-0.39, 0.29) is 5.41 Å². The van der Waals surface area contributed by atoms with Crippen molar-refractivity contribution in [1.82, 2.24) is 14.7 Å². The van der Waals surface area contributed by atoms with Gasteiger partial charge < -0.3 is 14.7 Å². The zero-order valence-electron chi connectivity index (χ0n) is 15.9. The van der Waals surface area contributed by atoms with Crippen LogP contribution in [0.25, 0.3) is 0 Å². The second kappa shape index (κ2) is 6.26. The van der Waals surface area contributed by atoms with Gasteiger partial charge in [-0.1, -0.05) is 6.42 Å². The lowest BCUT2D eigenvalue weighted by Gasteiger charge is -2.47. The highest BCUT2D eigenvalue weighted by atomic mass is 16.2. The molecule has 2 aliphatic carbocycles. The fraction of sp³-hybridized carbons (Fsp3) is 0.900. The molecule has 4 fully saturated rings. The fourth-order valence-corrected chi connectivity index (χ4v) is 5.34. The molecule has 2 amide bonds. The Hall–Kier alpha value is -1.10. The van der Waals surface area contributed by atoms with Gasteiger partial charge in [0, 0.05) is 45.1 Å². The molecule has 4 aliphatic rings. The molecule has 0 aromatic rings. The average molecular weight is 348 g/mol. The molecule has 2 saturated heterocycles. The Kier molecular flexibility index (Phi) is 4.33. The molecule has 0 N–H and O–H groups in total. The first kappa shape index (κ1) is 17.3. The number of amides is 2. The third-order valence-corrected chi connectivity index (χ3v) is 7.54. The van der Waals surface area contributed by atoms with Crippen molar-refractivity contribution in [2.45, 2.75) is 51.4 Å². The van der Waals surface area contributed by atoms with Crippen LogP contribution in [0.3, 0.4) is 0 Å². The van der Waals surface area contributed by atoms with Crippen molar-refractivity contribution in [3.63, 3.8) is 0 Å². The summed E-state index contributed by atoms with van der Waals surface area (Å²) in [4.78, 5) is 31.4. The highest BCUT2D eigenvalue weighted by molar-refractivity contribution is 5.83. The summed E-state index contributed by atoms with van der Waals surface area (Å²) in [5.41, 5.74) is 0.696. The van der Waals surface area contributed by atoms with Gasteiger partial charge in [-0.15, -0.1) is 0 Å². The van der Waals surface area contributed by atoms with E-state index in [1.54, 1.807) is 0 Å². The molecule has 0 aromatic carbocycles. The molecule has 140 valence electrons. The lowest BCUT2D eigenvalue weighted by Crippen LogP contribution is -2.53. The molecule has 1 atom stereocenters. The highest BCUT2D eigenvalue weighted by Crippen LogP contribution is 2.66. The van der Waals surface area contributed by atoms with Crippen molar-refractivity contribution < 1.29 is 9.59 Å². The van der Waals surface area contributed by atoms with Gasteiger partial charge in [-0.05, 0) is 63.5 Å². The van der Waals surface area contributed by atoms with Crippen molar-refractivity contribution in [2.24, 2.45) is 16.7 Å². The second-order valence-corrected chi connectivity index (χ2v) is 9.42. The third kappa shape index (κ3) is 3.20. The van der Waals surface area contributed by atoms with Gasteiger partial charge >= 0.3 is 0 Å². The lowest BCUT2D eigenvalue weighted by molar-refractivity contribution is -0.143. The smallest absolute Gasteiger partial charge is 0.226 e. The van der Waals surface area contributed by atoms with E-state index in [1.807, 2.05) is 0 Å². The van der Waals surface area contributed by atoms with Crippen LogP contribution >= 0.6 is 0 Å². The molecule has 1 unspecified atom stereocenters. The molecule has 5 nitrogen and oxygen atoms in total. The predicted octanol–water partition coefficient (Wildman–Crippen LogP) is 1.97. The topological polar surface area (TPSA) is 43.9 Å². The van der Waals surface area contributed by atoms with Crippen molar-refractivity contribution in [1.29, 1.82) is 0 Å². The molecule has 4 rings (SSSR count). The third-order valence-electron chi connectivity index (χ3n) is 7.54. The Bertz CT molecular complexity index is 547. The molecule has 2 spiro atoms. The average Bonchev–Trinajstić information content (AvgIpc) is 3.32. The summed E-state index contributed by atoms with van der Waals surface area (Å²) in [6.07, 6.45) is 8.89. The van der Waals surface area contributed by atoms with Crippen LogP contribution in [0, 0.1) is 16.7 Å². The van der Waals surface area contributed by atoms with E-state index >= 15 is 0 Å². The van der Waals surface area contributed by atoms with Gasteiger partial charge in [-0.3, -0.25) is 9.59 Å². The van der Waals surface area contributed by atoms with Crippen LogP contribution in [0.15, 0.2) is 0 Å². The summed E-state index contributed by atoms with van der Waals surface area (Å²) in [5, 5.41) is 0. The summed E-state index contributed by atoms with van der Waals surface area (Å²) >= 11 is 0. The molecule has 5 heteroatoms. The molecule has 0 radical (unpaired) electrons. The fourth-order valence-electron chi connectivity index (χ4n) is 5.34. The van der Waals surface area contributed by atoms with Crippen LogP contribution < -0.4 is 0 Å².